The Morgan fingerprint density at radius 2 is 1.26 bits per heavy atom. The standard InChI is InChI=1S/C23H17F3O8S/c1-9-10(2)16-17(20(29)22(31)21(30)19(16)28)18(27)15(9)13-7-3-6-12-11(13)5-4-8-14(12)34-35(32,33)23(24,25)26/h3-8,27-31H,1-2H3. The Morgan fingerprint density at radius 3 is 1.86 bits per heavy atom. The van der Waals surface area contributed by atoms with Gasteiger partial charge in [-0.2, -0.15) is 21.6 Å². The normalized spacial score (nSPS) is 12.4. The fourth-order valence-electron chi connectivity index (χ4n) is 4.04. The number of aromatic hydroxyl groups is 5. The van der Waals surface area contributed by atoms with Crippen LogP contribution in [0.2, 0.25) is 0 Å². The third-order valence-corrected chi connectivity index (χ3v) is 6.78. The van der Waals surface area contributed by atoms with Gasteiger partial charge in [0.25, 0.3) is 0 Å². The van der Waals surface area contributed by atoms with Crippen LogP contribution in [-0.4, -0.2) is 39.5 Å². The Bertz CT molecular complexity index is 1640. The number of phenolic OH excluding ortho intramolecular Hbond substituents is 5. The molecule has 8 nitrogen and oxygen atoms in total. The molecule has 0 aromatic heterocycles. The summed E-state index contributed by atoms with van der Waals surface area (Å²) in [6.07, 6.45) is 0. The molecule has 4 aromatic rings. The van der Waals surface area contributed by atoms with Gasteiger partial charge in [-0.25, -0.2) is 0 Å². The van der Waals surface area contributed by atoms with Crippen LogP contribution < -0.4 is 4.18 Å². The average molecular weight is 510 g/mol. The molecular weight excluding hydrogens is 493 g/mol. The third kappa shape index (κ3) is 3.48. The van der Waals surface area contributed by atoms with E-state index in [0.717, 1.165) is 6.07 Å². The average Bonchev–Trinajstić information content (AvgIpc) is 2.78. The first-order valence-electron chi connectivity index (χ1n) is 9.83. The van der Waals surface area contributed by atoms with E-state index in [9.17, 15) is 47.1 Å². The molecule has 0 radical (unpaired) electrons. The van der Waals surface area contributed by atoms with Gasteiger partial charge in [-0.1, -0.05) is 30.3 Å². The minimum Gasteiger partial charge on any atom is -0.506 e. The highest BCUT2D eigenvalue weighted by Crippen LogP contribution is 2.55. The Hall–Kier alpha value is -4.06. The van der Waals surface area contributed by atoms with E-state index >= 15 is 0 Å². The molecule has 0 atom stereocenters. The second kappa shape index (κ2) is 7.73. The van der Waals surface area contributed by atoms with Crippen molar-refractivity contribution in [2.24, 2.45) is 0 Å². The van der Waals surface area contributed by atoms with Gasteiger partial charge in [-0.05, 0) is 42.0 Å². The van der Waals surface area contributed by atoms with Crippen LogP contribution >= 0.6 is 0 Å². The molecule has 0 saturated heterocycles. The summed E-state index contributed by atoms with van der Waals surface area (Å²) in [6.45, 7) is 3.07. The van der Waals surface area contributed by atoms with Crippen molar-refractivity contribution in [3.63, 3.8) is 0 Å². The second-order valence-corrected chi connectivity index (χ2v) is 9.30. The number of rotatable bonds is 3. The molecule has 4 rings (SSSR count). The molecule has 184 valence electrons. The van der Waals surface area contributed by atoms with E-state index in [0.29, 0.717) is 11.1 Å². The predicted molar refractivity (Wildman–Crippen MR) is 120 cm³/mol. The van der Waals surface area contributed by atoms with E-state index in [2.05, 4.69) is 4.18 Å². The van der Waals surface area contributed by atoms with Crippen molar-refractivity contribution in [3.8, 4) is 45.6 Å². The highest BCUT2D eigenvalue weighted by molar-refractivity contribution is 7.88. The van der Waals surface area contributed by atoms with Crippen LogP contribution in [0.5, 0.6) is 34.5 Å². The zero-order chi connectivity index (χ0) is 26.0. The van der Waals surface area contributed by atoms with Crippen LogP contribution in [0.25, 0.3) is 32.7 Å². The molecule has 0 aliphatic rings. The summed E-state index contributed by atoms with van der Waals surface area (Å²) >= 11 is 0. The highest BCUT2D eigenvalue weighted by Gasteiger charge is 2.48. The molecule has 35 heavy (non-hydrogen) atoms. The van der Waals surface area contributed by atoms with Crippen molar-refractivity contribution in [3.05, 3.63) is 47.5 Å². The largest absolute Gasteiger partial charge is 0.534 e. The number of hydrogen-bond acceptors (Lipinski definition) is 8. The zero-order valence-electron chi connectivity index (χ0n) is 18.0. The van der Waals surface area contributed by atoms with E-state index in [4.69, 9.17) is 0 Å². The maximum Gasteiger partial charge on any atom is 0.534 e. The molecule has 0 aliphatic heterocycles. The van der Waals surface area contributed by atoms with E-state index in [-0.39, 0.29) is 32.7 Å². The minimum absolute atomic E-state index is 0.0185. The van der Waals surface area contributed by atoms with Crippen molar-refractivity contribution < 1.29 is 51.3 Å². The maximum atomic E-state index is 12.9. The Balaban J connectivity index is 2.08. The Labute approximate surface area is 195 Å². The summed E-state index contributed by atoms with van der Waals surface area (Å²) in [4.78, 5) is 0. The Kier molecular flexibility index (Phi) is 5.32. The third-order valence-electron chi connectivity index (χ3n) is 5.82. The number of benzene rings is 4. The van der Waals surface area contributed by atoms with Crippen LogP contribution in [0.4, 0.5) is 13.2 Å². The maximum absolute atomic E-state index is 12.9. The van der Waals surface area contributed by atoms with Crippen molar-refractivity contribution in [2.75, 3.05) is 0 Å². The zero-order valence-corrected chi connectivity index (χ0v) is 18.8. The van der Waals surface area contributed by atoms with Crippen LogP contribution in [-0.2, 0) is 10.1 Å². The first-order valence-corrected chi connectivity index (χ1v) is 11.2. The second-order valence-electron chi connectivity index (χ2n) is 7.76. The van der Waals surface area contributed by atoms with Gasteiger partial charge in [0.2, 0.25) is 11.5 Å². The Morgan fingerprint density at radius 1 is 0.714 bits per heavy atom. The molecule has 0 fully saturated rings. The number of alkyl halides is 3. The number of phenols is 5. The molecule has 0 bridgehead atoms. The van der Waals surface area contributed by atoms with Crippen molar-refractivity contribution >= 4 is 31.7 Å². The summed E-state index contributed by atoms with van der Waals surface area (Å²) in [5.74, 6) is -4.93. The van der Waals surface area contributed by atoms with E-state index in [1.807, 2.05) is 0 Å². The van der Waals surface area contributed by atoms with Gasteiger partial charge in [0.15, 0.2) is 17.2 Å². The molecule has 4 aromatic carbocycles. The van der Waals surface area contributed by atoms with Crippen molar-refractivity contribution in [2.45, 2.75) is 19.4 Å². The van der Waals surface area contributed by atoms with Crippen LogP contribution in [0, 0.1) is 13.8 Å². The van der Waals surface area contributed by atoms with Gasteiger partial charge in [0.1, 0.15) is 5.75 Å². The smallest absolute Gasteiger partial charge is 0.506 e. The lowest BCUT2D eigenvalue weighted by atomic mass is 9.87. The topological polar surface area (TPSA) is 145 Å². The van der Waals surface area contributed by atoms with Crippen LogP contribution in [0.1, 0.15) is 11.1 Å². The molecule has 0 aliphatic carbocycles. The van der Waals surface area contributed by atoms with Crippen LogP contribution in [0.15, 0.2) is 36.4 Å². The molecule has 12 heteroatoms. The molecular formula is C23H17F3O8S. The van der Waals surface area contributed by atoms with Crippen molar-refractivity contribution in [1.82, 2.24) is 0 Å². The van der Waals surface area contributed by atoms with Crippen LogP contribution in [0.3, 0.4) is 0 Å². The quantitative estimate of drug-likeness (QED) is 0.112. The molecule has 0 saturated carbocycles. The van der Waals surface area contributed by atoms with Gasteiger partial charge in [0, 0.05) is 16.3 Å². The lowest BCUT2D eigenvalue weighted by Gasteiger charge is -2.20. The van der Waals surface area contributed by atoms with Gasteiger partial charge in [-0.15, -0.1) is 0 Å². The lowest BCUT2D eigenvalue weighted by molar-refractivity contribution is -0.0499. The van der Waals surface area contributed by atoms with Crippen molar-refractivity contribution in [1.29, 1.82) is 0 Å². The molecule has 0 amide bonds. The first kappa shape index (κ1) is 24.1. The number of halogens is 3. The molecule has 0 heterocycles. The summed E-state index contributed by atoms with van der Waals surface area (Å²) in [5.41, 5.74) is -4.68. The molecule has 5 N–H and O–H groups in total. The highest BCUT2D eigenvalue weighted by atomic mass is 32.2. The monoisotopic (exact) mass is 510 g/mol. The summed E-state index contributed by atoms with van der Waals surface area (Å²) in [7, 11) is -5.95. The number of fused-ring (bicyclic) bond motifs is 2. The fraction of sp³-hybridized carbons (Fsp3) is 0.130. The number of aryl methyl sites for hydroxylation is 1. The summed E-state index contributed by atoms with van der Waals surface area (Å²) in [6, 6.07) is 7.98. The summed E-state index contributed by atoms with van der Waals surface area (Å²) in [5, 5.41) is 51.4. The van der Waals surface area contributed by atoms with Gasteiger partial charge < -0.3 is 29.7 Å². The summed E-state index contributed by atoms with van der Waals surface area (Å²) < 4.78 is 66.1. The van der Waals surface area contributed by atoms with E-state index in [1.165, 1.54) is 37.3 Å². The number of hydrogen-bond donors (Lipinski definition) is 5. The van der Waals surface area contributed by atoms with Gasteiger partial charge in [0.05, 0.1) is 5.39 Å². The van der Waals surface area contributed by atoms with E-state index < -0.39 is 50.1 Å². The minimum atomic E-state index is -5.95. The molecule has 0 spiro atoms. The fourth-order valence-corrected chi connectivity index (χ4v) is 4.51. The van der Waals surface area contributed by atoms with Gasteiger partial charge in [-0.3, -0.25) is 0 Å². The SMILES string of the molecule is Cc1c(-c2cccc3c(OS(=O)(=O)C(F)(F)F)cccc23)c(O)c2c(O)c(O)c(O)c(O)c2c1C. The van der Waals surface area contributed by atoms with Gasteiger partial charge >= 0.3 is 15.6 Å². The lowest BCUT2D eigenvalue weighted by Crippen LogP contribution is -2.28. The predicted octanol–water partition coefficient (Wildman–Crippen LogP) is 5.03. The van der Waals surface area contributed by atoms with E-state index in [1.54, 1.807) is 6.92 Å². The molecule has 0 unspecified atom stereocenters. The first-order chi connectivity index (χ1) is 16.2.